The van der Waals surface area contributed by atoms with E-state index >= 15 is 0 Å². The fourth-order valence-corrected chi connectivity index (χ4v) is 1.69. The first-order chi connectivity index (χ1) is 9.63. The number of rotatable bonds is 5. The average molecular weight is 277 g/mol. The molecule has 0 saturated heterocycles. The molecule has 1 heterocycles. The van der Waals surface area contributed by atoms with Crippen LogP contribution < -0.4 is 10.1 Å². The van der Waals surface area contributed by atoms with Gasteiger partial charge in [0.05, 0.1) is 26.3 Å². The van der Waals surface area contributed by atoms with Crippen LogP contribution in [0.5, 0.6) is 11.5 Å². The van der Waals surface area contributed by atoms with Crippen molar-refractivity contribution >= 4 is 11.7 Å². The first kappa shape index (κ1) is 13.8. The van der Waals surface area contributed by atoms with E-state index in [1.165, 1.54) is 20.5 Å². The van der Waals surface area contributed by atoms with Crippen molar-refractivity contribution in [3.8, 4) is 11.5 Å². The third kappa shape index (κ3) is 3.03. The largest absolute Gasteiger partial charge is 0.504 e. The Labute approximate surface area is 115 Å². The van der Waals surface area contributed by atoms with Crippen LogP contribution in [0.15, 0.2) is 34.9 Å². The van der Waals surface area contributed by atoms with Crippen molar-refractivity contribution in [1.29, 1.82) is 0 Å². The fraction of sp³-hybridized carbons (Fsp3) is 0.214. The zero-order chi connectivity index (χ0) is 14.5. The predicted molar refractivity (Wildman–Crippen MR) is 72.0 cm³/mol. The number of ether oxygens (including phenoxy) is 2. The highest BCUT2D eigenvalue weighted by atomic mass is 16.5. The molecule has 0 atom stereocenters. The van der Waals surface area contributed by atoms with Crippen LogP contribution in [0.25, 0.3) is 0 Å². The van der Waals surface area contributed by atoms with E-state index in [2.05, 4.69) is 10.1 Å². The van der Waals surface area contributed by atoms with Crippen LogP contribution in [0.2, 0.25) is 0 Å². The molecule has 1 aromatic carbocycles. The molecule has 0 aliphatic carbocycles. The number of anilines is 1. The molecule has 1 aromatic heterocycles. The number of esters is 1. The maximum Gasteiger partial charge on any atom is 0.341 e. The van der Waals surface area contributed by atoms with E-state index < -0.39 is 5.97 Å². The van der Waals surface area contributed by atoms with Crippen molar-refractivity contribution in [1.82, 2.24) is 0 Å². The van der Waals surface area contributed by atoms with Crippen molar-refractivity contribution in [2.75, 3.05) is 19.5 Å². The summed E-state index contributed by atoms with van der Waals surface area (Å²) in [6.07, 6.45) is 1.34. The molecule has 0 unspecified atom stereocenters. The summed E-state index contributed by atoms with van der Waals surface area (Å²) in [6.45, 7) is 0.378. The quantitative estimate of drug-likeness (QED) is 0.817. The molecule has 6 heteroatoms. The first-order valence-corrected chi connectivity index (χ1v) is 5.90. The molecule has 2 aromatic rings. The highest BCUT2D eigenvalue weighted by molar-refractivity contribution is 5.89. The Bertz CT molecular complexity index is 605. The second kappa shape index (κ2) is 6.01. The van der Waals surface area contributed by atoms with Crippen molar-refractivity contribution in [2.45, 2.75) is 6.54 Å². The van der Waals surface area contributed by atoms with Crippen LogP contribution in [-0.2, 0) is 11.3 Å². The number of hydrogen-bond acceptors (Lipinski definition) is 6. The Morgan fingerprint density at radius 2 is 2.15 bits per heavy atom. The van der Waals surface area contributed by atoms with E-state index in [0.29, 0.717) is 29.3 Å². The van der Waals surface area contributed by atoms with Gasteiger partial charge in [-0.15, -0.1) is 0 Å². The van der Waals surface area contributed by atoms with E-state index in [0.717, 1.165) is 0 Å². The van der Waals surface area contributed by atoms with Gasteiger partial charge in [0, 0.05) is 11.8 Å². The minimum absolute atomic E-state index is 0.0483. The molecule has 0 aliphatic heterocycles. The third-order valence-electron chi connectivity index (χ3n) is 2.72. The molecule has 6 nitrogen and oxygen atoms in total. The predicted octanol–water partition coefficient (Wildman–Crippen LogP) is 2.39. The fourth-order valence-electron chi connectivity index (χ4n) is 1.69. The summed E-state index contributed by atoms with van der Waals surface area (Å²) in [5.41, 5.74) is 1.07. The minimum atomic E-state index is -0.443. The summed E-state index contributed by atoms with van der Waals surface area (Å²) in [4.78, 5) is 11.3. The highest BCUT2D eigenvalue weighted by Crippen LogP contribution is 2.28. The van der Waals surface area contributed by atoms with Crippen molar-refractivity contribution in [3.05, 3.63) is 41.9 Å². The monoisotopic (exact) mass is 277 g/mol. The third-order valence-corrected chi connectivity index (χ3v) is 2.72. The molecular weight excluding hydrogens is 262 g/mol. The Balaban J connectivity index is 2.00. The summed E-state index contributed by atoms with van der Waals surface area (Å²) in [7, 11) is 2.80. The number of carbonyl (C=O) groups excluding carboxylic acids is 1. The van der Waals surface area contributed by atoms with Gasteiger partial charge in [-0.3, -0.25) is 0 Å². The van der Waals surface area contributed by atoms with E-state index in [9.17, 15) is 9.90 Å². The summed E-state index contributed by atoms with van der Waals surface area (Å²) in [5.74, 6) is 0.594. The Morgan fingerprint density at radius 1 is 1.35 bits per heavy atom. The molecule has 2 N–H and O–H groups in total. The van der Waals surface area contributed by atoms with Gasteiger partial charge in [0.25, 0.3) is 0 Å². The zero-order valence-electron chi connectivity index (χ0n) is 11.2. The van der Waals surface area contributed by atoms with Gasteiger partial charge in [-0.2, -0.15) is 0 Å². The van der Waals surface area contributed by atoms with Gasteiger partial charge in [0.1, 0.15) is 12.0 Å². The number of methoxy groups -OCH3 is 2. The second-order valence-corrected chi connectivity index (χ2v) is 4.03. The maximum atomic E-state index is 11.3. The number of aromatic hydroxyl groups is 1. The van der Waals surface area contributed by atoms with Gasteiger partial charge < -0.3 is 24.3 Å². The van der Waals surface area contributed by atoms with E-state index in [1.54, 1.807) is 24.3 Å². The van der Waals surface area contributed by atoms with Gasteiger partial charge >= 0.3 is 5.97 Å². The highest BCUT2D eigenvalue weighted by Gasteiger charge is 2.10. The number of benzene rings is 1. The van der Waals surface area contributed by atoms with Crippen LogP contribution in [0.4, 0.5) is 5.69 Å². The molecule has 0 amide bonds. The molecule has 0 fully saturated rings. The number of carbonyl (C=O) groups is 1. The number of hydrogen-bond donors (Lipinski definition) is 2. The van der Waals surface area contributed by atoms with Gasteiger partial charge in [-0.25, -0.2) is 4.79 Å². The number of nitrogens with one attached hydrogen (secondary N) is 1. The van der Waals surface area contributed by atoms with Crippen LogP contribution >= 0.6 is 0 Å². The van der Waals surface area contributed by atoms with E-state index in [1.807, 2.05) is 0 Å². The molecule has 0 spiro atoms. The number of phenols is 1. The number of phenolic OH excluding ortho intramolecular Hbond substituents is 1. The van der Waals surface area contributed by atoms with E-state index in [4.69, 9.17) is 9.15 Å². The molecule has 0 saturated carbocycles. The molecule has 0 aliphatic rings. The van der Waals surface area contributed by atoms with Gasteiger partial charge in [0.2, 0.25) is 0 Å². The van der Waals surface area contributed by atoms with Gasteiger partial charge in [-0.05, 0) is 18.2 Å². The van der Waals surface area contributed by atoms with Crippen LogP contribution in [-0.4, -0.2) is 25.3 Å². The maximum absolute atomic E-state index is 11.3. The molecule has 0 bridgehead atoms. The summed E-state index contributed by atoms with van der Waals surface area (Å²) >= 11 is 0. The lowest BCUT2D eigenvalue weighted by atomic mass is 10.2. The number of furan rings is 1. The van der Waals surface area contributed by atoms with Crippen molar-refractivity contribution < 1.29 is 23.8 Å². The molecule has 2 rings (SSSR count). The smallest absolute Gasteiger partial charge is 0.341 e. The zero-order valence-corrected chi connectivity index (χ0v) is 11.2. The molecular formula is C14H15NO5. The Kier molecular flexibility index (Phi) is 4.14. The SMILES string of the molecule is COC(=O)c1coc(CNc2ccc(OC)c(O)c2)c1. The summed E-state index contributed by atoms with van der Waals surface area (Å²) in [6, 6.07) is 6.56. The lowest BCUT2D eigenvalue weighted by Crippen LogP contribution is -2.00. The van der Waals surface area contributed by atoms with Crippen LogP contribution in [0.1, 0.15) is 16.1 Å². The molecule has 106 valence electrons. The normalized spacial score (nSPS) is 10.1. The van der Waals surface area contributed by atoms with Crippen molar-refractivity contribution in [3.63, 3.8) is 0 Å². The topological polar surface area (TPSA) is 80.9 Å². The standard InChI is InChI=1S/C14H15NO5/c1-18-13-4-3-10(6-12(13)16)15-7-11-5-9(8-20-11)14(17)19-2/h3-6,8,15-16H,7H2,1-2H3. The second-order valence-electron chi connectivity index (χ2n) is 4.03. The van der Waals surface area contributed by atoms with Crippen LogP contribution in [0, 0.1) is 0 Å². The van der Waals surface area contributed by atoms with Crippen LogP contribution in [0.3, 0.4) is 0 Å². The summed E-state index contributed by atoms with van der Waals surface area (Å²) < 4.78 is 14.8. The van der Waals surface area contributed by atoms with E-state index in [-0.39, 0.29) is 5.75 Å². The average Bonchev–Trinajstić information content (AvgIpc) is 2.93. The first-order valence-electron chi connectivity index (χ1n) is 5.90. The Hall–Kier alpha value is -2.63. The van der Waals surface area contributed by atoms with Gasteiger partial charge in [0.15, 0.2) is 11.5 Å². The molecule has 20 heavy (non-hydrogen) atoms. The van der Waals surface area contributed by atoms with Gasteiger partial charge in [-0.1, -0.05) is 0 Å². The lowest BCUT2D eigenvalue weighted by molar-refractivity contribution is 0.0600. The minimum Gasteiger partial charge on any atom is -0.504 e. The van der Waals surface area contributed by atoms with Crippen molar-refractivity contribution in [2.24, 2.45) is 0 Å². The summed E-state index contributed by atoms with van der Waals surface area (Å²) in [5, 5.41) is 12.7. The lowest BCUT2D eigenvalue weighted by Gasteiger charge is -2.07. The Morgan fingerprint density at radius 3 is 2.80 bits per heavy atom. The molecule has 0 radical (unpaired) electrons.